The number of esters is 1. The minimum Gasteiger partial charge on any atom is -0.492 e. The molecule has 1 heterocycles. The van der Waals surface area contributed by atoms with Gasteiger partial charge in [0.2, 0.25) is 0 Å². The Kier molecular flexibility index (Phi) is 5.63. The van der Waals surface area contributed by atoms with E-state index in [1.54, 1.807) is 46.2 Å². The van der Waals surface area contributed by atoms with Gasteiger partial charge in [0.1, 0.15) is 12.4 Å². The summed E-state index contributed by atoms with van der Waals surface area (Å²) in [4.78, 5) is 27.4. The third-order valence-electron chi connectivity index (χ3n) is 4.14. The van der Waals surface area contributed by atoms with Gasteiger partial charge in [0, 0.05) is 23.8 Å². The molecule has 0 bridgehead atoms. The second kappa shape index (κ2) is 8.10. The van der Waals surface area contributed by atoms with E-state index < -0.39 is 0 Å². The monoisotopic (exact) mass is 374 g/mol. The summed E-state index contributed by atoms with van der Waals surface area (Å²) in [6.07, 6.45) is 0. The summed E-state index contributed by atoms with van der Waals surface area (Å²) < 4.78 is 10.3. The van der Waals surface area contributed by atoms with Crippen LogP contribution in [0.4, 0.5) is 10.5 Å². The second-order valence-electron chi connectivity index (χ2n) is 5.76. The van der Waals surface area contributed by atoms with Gasteiger partial charge in [-0.15, -0.1) is 0 Å². The van der Waals surface area contributed by atoms with Gasteiger partial charge in [-0.2, -0.15) is 0 Å². The molecule has 2 aromatic rings. The number of methoxy groups -OCH3 is 1. The number of benzene rings is 2. The van der Waals surface area contributed by atoms with Crippen LogP contribution in [-0.4, -0.2) is 50.3 Å². The summed E-state index contributed by atoms with van der Waals surface area (Å²) in [5, 5.41) is 0.642. The largest absolute Gasteiger partial charge is 0.492 e. The molecule has 2 aromatic carbocycles. The van der Waals surface area contributed by atoms with Crippen molar-refractivity contribution in [2.75, 3.05) is 38.3 Å². The Labute approximate surface area is 156 Å². The first-order valence-corrected chi connectivity index (χ1v) is 8.59. The van der Waals surface area contributed by atoms with Gasteiger partial charge in [-0.25, -0.2) is 9.59 Å². The molecule has 26 heavy (non-hydrogen) atoms. The van der Waals surface area contributed by atoms with Gasteiger partial charge in [0.05, 0.1) is 19.2 Å². The number of anilines is 1. The number of ether oxygens (including phenoxy) is 2. The number of amides is 2. The van der Waals surface area contributed by atoms with Crippen molar-refractivity contribution in [2.24, 2.45) is 0 Å². The zero-order valence-corrected chi connectivity index (χ0v) is 15.1. The summed E-state index contributed by atoms with van der Waals surface area (Å²) in [6, 6.07) is 13.9. The highest BCUT2D eigenvalue weighted by Crippen LogP contribution is 2.22. The predicted octanol–water partition coefficient (Wildman–Crippen LogP) is 3.45. The van der Waals surface area contributed by atoms with Crippen molar-refractivity contribution >= 4 is 29.3 Å². The third-order valence-corrected chi connectivity index (χ3v) is 4.39. The van der Waals surface area contributed by atoms with E-state index in [2.05, 4.69) is 4.74 Å². The molecular weight excluding hydrogens is 356 g/mol. The number of nitrogens with zero attached hydrogens (tertiary/aromatic N) is 2. The van der Waals surface area contributed by atoms with Crippen molar-refractivity contribution in [2.45, 2.75) is 0 Å². The Morgan fingerprint density at radius 3 is 2.42 bits per heavy atom. The molecule has 0 unspecified atom stereocenters. The third kappa shape index (κ3) is 4.08. The lowest BCUT2D eigenvalue weighted by atomic mass is 10.2. The maximum absolute atomic E-state index is 12.5. The van der Waals surface area contributed by atoms with Crippen LogP contribution in [0.25, 0.3) is 0 Å². The van der Waals surface area contributed by atoms with Crippen molar-refractivity contribution in [1.29, 1.82) is 0 Å². The van der Waals surface area contributed by atoms with Crippen LogP contribution in [0.15, 0.2) is 48.5 Å². The number of carbonyl (C=O) groups is 2. The molecule has 0 saturated carbocycles. The van der Waals surface area contributed by atoms with Crippen molar-refractivity contribution < 1.29 is 19.1 Å². The molecule has 1 fully saturated rings. The molecular formula is C19H19ClN2O4. The van der Waals surface area contributed by atoms with Crippen molar-refractivity contribution in [3.63, 3.8) is 0 Å². The summed E-state index contributed by atoms with van der Waals surface area (Å²) in [5.74, 6) is 0.250. The topological polar surface area (TPSA) is 59.1 Å². The quantitative estimate of drug-likeness (QED) is 0.727. The van der Waals surface area contributed by atoms with Crippen LogP contribution in [0, 0.1) is 0 Å². The molecule has 1 saturated heterocycles. The first-order chi connectivity index (χ1) is 12.6. The van der Waals surface area contributed by atoms with E-state index in [1.165, 1.54) is 7.11 Å². The van der Waals surface area contributed by atoms with Crippen LogP contribution in [0.5, 0.6) is 5.75 Å². The van der Waals surface area contributed by atoms with Gasteiger partial charge in [0.25, 0.3) is 0 Å². The fraction of sp³-hybridized carbons (Fsp3) is 0.263. The van der Waals surface area contributed by atoms with Crippen molar-refractivity contribution in [3.8, 4) is 5.75 Å². The normalized spacial score (nSPS) is 13.8. The fourth-order valence-corrected chi connectivity index (χ4v) is 2.86. The summed E-state index contributed by atoms with van der Waals surface area (Å²) >= 11 is 5.89. The van der Waals surface area contributed by atoms with E-state index >= 15 is 0 Å². The molecule has 3 rings (SSSR count). The van der Waals surface area contributed by atoms with E-state index in [4.69, 9.17) is 16.3 Å². The predicted molar refractivity (Wildman–Crippen MR) is 99.0 cm³/mol. The molecule has 1 aliphatic rings. The van der Waals surface area contributed by atoms with Crippen LogP contribution in [0.2, 0.25) is 5.02 Å². The van der Waals surface area contributed by atoms with Gasteiger partial charge in [0.15, 0.2) is 0 Å². The Balaban J connectivity index is 1.50. The van der Waals surface area contributed by atoms with Gasteiger partial charge in [-0.3, -0.25) is 4.90 Å². The van der Waals surface area contributed by atoms with Gasteiger partial charge < -0.3 is 14.4 Å². The Morgan fingerprint density at radius 1 is 1.08 bits per heavy atom. The molecule has 7 heteroatoms. The Bertz CT molecular complexity index is 777. The molecule has 0 radical (unpaired) electrons. The maximum Gasteiger partial charge on any atom is 0.337 e. The number of urea groups is 1. The number of halogens is 1. The van der Waals surface area contributed by atoms with E-state index in [-0.39, 0.29) is 12.0 Å². The summed E-state index contributed by atoms with van der Waals surface area (Å²) in [6.45, 7) is 2.14. The molecule has 0 atom stereocenters. The molecule has 0 aromatic heterocycles. The lowest BCUT2D eigenvalue weighted by Crippen LogP contribution is -2.34. The minimum absolute atomic E-state index is 0.0445. The first kappa shape index (κ1) is 18.1. The molecule has 0 N–H and O–H groups in total. The molecule has 6 nitrogen and oxygen atoms in total. The maximum atomic E-state index is 12.5. The summed E-state index contributed by atoms with van der Waals surface area (Å²) in [7, 11) is 1.34. The van der Waals surface area contributed by atoms with Crippen LogP contribution in [0.1, 0.15) is 10.4 Å². The molecule has 0 spiro atoms. The van der Waals surface area contributed by atoms with Crippen LogP contribution < -0.4 is 9.64 Å². The van der Waals surface area contributed by atoms with E-state index in [1.807, 2.05) is 12.1 Å². The minimum atomic E-state index is -0.387. The lowest BCUT2D eigenvalue weighted by molar-refractivity contribution is 0.0600. The van der Waals surface area contributed by atoms with E-state index in [9.17, 15) is 9.59 Å². The number of carbonyl (C=O) groups excluding carboxylic acids is 2. The van der Waals surface area contributed by atoms with Gasteiger partial charge in [-0.1, -0.05) is 11.6 Å². The average Bonchev–Trinajstić information content (AvgIpc) is 3.03. The lowest BCUT2D eigenvalue weighted by Gasteiger charge is -2.19. The average molecular weight is 375 g/mol. The number of rotatable bonds is 6. The number of hydrogen-bond donors (Lipinski definition) is 0. The molecule has 136 valence electrons. The van der Waals surface area contributed by atoms with Crippen molar-refractivity contribution in [1.82, 2.24) is 4.90 Å². The van der Waals surface area contributed by atoms with Crippen LogP contribution in [-0.2, 0) is 4.74 Å². The van der Waals surface area contributed by atoms with Gasteiger partial charge in [-0.05, 0) is 48.5 Å². The summed E-state index contributed by atoms with van der Waals surface area (Å²) in [5.41, 5.74) is 1.30. The second-order valence-corrected chi connectivity index (χ2v) is 6.20. The van der Waals surface area contributed by atoms with Crippen LogP contribution in [0.3, 0.4) is 0 Å². The zero-order chi connectivity index (χ0) is 18.5. The molecule has 0 aliphatic carbocycles. The van der Waals surface area contributed by atoms with Gasteiger partial charge >= 0.3 is 12.0 Å². The highest BCUT2D eigenvalue weighted by atomic mass is 35.5. The Hall–Kier alpha value is -2.73. The van der Waals surface area contributed by atoms with E-state index in [0.717, 1.165) is 5.69 Å². The first-order valence-electron chi connectivity index (χ1n) is 8.21. The smallest absolute Gasteiger partial charge is 0.337 e. The fourth-order valence-electron chi connectivity index (χ4n) is 2.73. The molecule has 1 aliphatic heterocycles. The SMILES string of the molecule is COC(=O)c1ccc(OCCN2CCN(c3ccc(Cl)cc3)C2=O)cc1. The Morgan fingerprint density at radius 2 is 1.77 bits per heavy atom. The highest BCUT2D eigenvalue weighted by molar-refractivity contribution is 6.30. The zero-order valence-electron chi connectivity index (χ0n) is 14.4. The van der Waals surface area contributed by atoms with Crippen LogP contribution >= 0.6 is 11.6 Å². The number of hydrogen-bond acceptors (Lipinski definition) is 4. The highest BCUT2D eigenvalue weighted by Gasteiger charge is 2.29. The standard InChI is InChI=1S/C19H19ClN2O4/c1-25-18(23)14-2-8-17(9-3-14)26-13-12-21-10-11-22(19(21)24)16-6-4-15(20)5-7-16/h2-9H,10-13H2,1H3. The van der Waals surface area contributed by atoms with E-state index in [0.29, 0.717) is 42.6 Å². The molecule has 2 amide bonds. The van der Waals surface area contributed by atoms with Crippen molar-refractivity contribution in [3.05, 3.63) is 59.1 Å².